The Balaban J connectivity index is 2.90. The number of aliphatic carboxylic acids is 2. The highest BCUT2D eigenvalue weighted by Gasteiger charge is 2.21. The van der Waals surface area contributed by atoms with Gasteiger partial charge in [0.15, 0.2) is 0 Å². The molecule has 98 valence electrons. The van der Waals surface area contributed by atoms with Gasteiger partial charge in [0.2, 0.25) is 0 Å². The summed E-state index contributed by atoms with van der Waals surface area (Å²) in [7, 11) is 0. The zero-order valence-electron chi connectivity index (χ0n) is 9.84. The lowest BCUT2D eigenvalue weighted by Gasteiger charge is -2.26. The lowest BCUT2D eigenvalue weighted by atomic mass is 10.1. The third-order valence-corrected chi connectivity index (χ3v) is 3.05. The van der Waals surface area contributed by atoms with Gasteiger partial charge in [0.05, 0.1) is 13.1 Å². The van der Waals surface area contributed by atoms with E-state index in [-0.39, 0.29) is 19.1 Å². The summed E-state index contributed by atoms with van der Waals surface area (Å²) in [6.07, 6.45) is 0. The molecule has 0 aliphatic carbocycles. The second-order valence-electron chi connectivity index (χ2n) is 3.92. The third-order valence-electron chi connectivity index (χ3n) is 2.56. The van der Waals surface area contributed by atoms with Crippen LogP contribution in [-0.4, -0.2) is 40.1 Å². The summed E-state index contributed by atoms with van der Waals surface area (Å²) >= 11 is 3.33. The largest absolute Gasteiger partial charge is 0.480 e. The van der Waals surface area contributed by atoms with E-state index in [1.807, 2.05) is 24.3 Å². The molecule has 0 aliphatic heterocycles. The van der Waals surface area contributed by atoms with Crippen molar-refractivity contribution >= 4 is 27.9 Å². The fourth-order valence-electron chi connectivity index (χ4n) is 1.65. The minimum absolute atomic E-state index is 0.283. The Kier molecular flexibility index (Phi) is 5.30. The molecule has 1 atom stereocenters. The minimum Gasteiger partial charge on any atom is -0.480 e. The van der Waals surface area contributed by atoms with E-state index in [4.69, 9.17) is 10.2 Å². The van der Waals surface area contributed by atoms with Gasteiger partial charge in [0.25, 0.3) is 0 Å². The van der Waals surface area contributed by atoms with Crippen LogP contribution in [-0.2, 0) is 9.59 Å². The number of halogens is 1. The highest BCUT2D eigenvalue weighted by atomic mass is 79.9. The molecular weight excluding hydrogens is 302 g/mol. The van der Waals surface area contributed by atoms with Crippen molar-refractivity contribution < 1.29 is 19.8 Å². The number of nitrogens with zero attached hydrogens (tertiary/aromatic N) is 1. The first-order valence-electron chi connectivity index (χ1n) is 5.33. The van der Waals surface area contributed by atoms with Crippen LogP contribution in [0.15, 0.2) is 28.7 Å². The van der Waals surface area contributed by atoms with E-state index < -0.39 is 11.9 Å². The van der Waals surface area contributed by atoms with E-state index in [9.17, 15) is 9.59 Å². The molecule has 2 N–H and O–H groups in total. The van der Waals surface area contributed by atoms with E-state index in [1.54, 1.807) is 6.92 Å². The van der Waals surface area contributed by atoms with Gasteiger partial charge in [-0.3, -0.25) is 14.5 Å². The Morgan fingerprint density at radius 2 is 1.83 bits per heavy atom. The van der Waals surface area contributed by atoms with Gasteiger partial charge < -0.3 is 10.2 Å². The molecule has 0 amide bonds. The first kappa shape index (κ1) is 14.7. The average Bonchev–Trinajstić information content (AvgIpc) is 2.26. The summed E-state index contributed by atoms with van der Waals surface area (Å²) < 4.78 is 0.873. The topological polar surface area (TPSA) is 77.8 Å². The molecule has 0 aliphatic rings. The maximum Gasteiger partial charge on any atom is 0.317 e. The van der Waals surface area contributed by atoms with Gasteiger partial charge in [-0.25, -0.2) is 0 Å². The lowest BCUT2D eigenvalue weighted by molar-refractivity contribution is -0.142. The highest BCUT2D eigenvalue weighted by molar-refractivity contribution is 9.10. The highest BCUT2D eigenvalue weighted by Crippen LogP contribution is 2.22. The van der Waals surface area contributed by atoms with Gasteiger partial charge in [-0.05, 0) is 24.6 Å². The summed E-state index contributed by atoms with van der Waals surface area (Å²) in [4.78, 5) is 22.9. The van der Waals surface area contributed by atoms with Crippen molar-refractivity contribution in [1.82, 2.24) is 4.90 Å². The molecule has 1 aromatic carbocycles. The fourth-order valence-corrected chi connectivity index (χ4v) is 2.07. The number of hydrogen-bond acceptors (Lipinski definition) is 3. The first-order chi connectivity index (χ1) is 8.40. The maximum atomic E-state index is 10.8. The number of carboxylic acid groups (broad SMARTS) is 2. The predicted molar refractivity (Wildman–Crippen MR) is 69.4 cm³/mol. The quantitative estimate of drug-likeness (QED) is 0.839. The molecule has 5 nitrogen and oxygen atoms in total. The standard InChI is InChI=1S/C12H14BrNO4/c1-8(9-3-2-4-10(13)5-9)14(6-11(15)16)7-12(17)18/h2-5,8H,6-7H2,1H3,(H,15,16)(H,17,18). The van der Waals surface area contributed by atoms with Gasteiger partial charge in [-0.2, -0.15) is 0 Å². The average molecular weight is 316 g/mol. The van der Waals surface area contributed by atoms with Crippen LogP contribution in [0.5, 0.6) is 0 Å². The van der Waals surface area contributed by atoms with Gasteiger partial charge in [0, 0.05) is 10.5 Å². The molecule has 0 heterocycles. The zero-order valence-corrected chi connectivity index (χ0v) is 11.4. The van der Waals surface area contributed by atoms with E-state index in [0.29, 0.717) is 0 Å². The summed E-state index contributed by atoms with van der Waals surface area (Å²) in [5.74, 6) is -2.09. The number of carboxylic acids is 2. The lowest BCUT2D eigenvalue weighted by Crippen LogP contribution is -2.36. The zero-order chi connectivity index (χ0) is 13.7. The molecule has 0 saturated heterocycles. The molecule has 18 heavy (non-hydrogen) atoms. The van der Waals surface area contributed by atoms with Crippen LogP contribution in [0.4, 0.5) is 0 Å². The van der Waals surface area contributed by atoms with Crippen LogP contribution in [0.25, 0.3) is 0 Å². The molecule has 0 saturated carbocycles. The number of hydrogen-bond donors (Lipinski definition) is 2. The first-order valence-corrected chi connectivity index (χ1v) is 6.12. The minimum atomic E-state index is -1.04. The summed E-state index contributed by atoms with van der Waals surface area (Å²) in [6.45, 7) is 1.17. The maximum absolute atomic E-state index is 10.8. The molecule has 0 radical (unpaired) electrons. The van der Waals surface area contributed by atoms with Crippen molar-refractivity contribution in [2.75, 3.05) is 13.1 Å². The van der Waals surface area contributed by atoms with Gasteiger partial charge in [-0.15, -0.1) is 0 Å². The Morgan fingerprint density at radius 3 is 2.28 bits per heavy atom. The summed E-state index contributed by atoms with van der Waals surface area (Å²) in [5.41, 5.74) is 0.867. The molecule has 0 spiro atoms. The monoisotopic (exact) mass is 315 g/mol. The molecule has 6 heteroatoms. The van der Waals surface area contributed by atoms with Crippen LogP contribution >= 0.6 is 15.9 Å². The van der Waals surface area contributed by atoms with Crippen molar-refractivity contribution in [3.05, 3.63) is 34.3 Å². The SMILES string of the molecule is CC(c1cccc(Br)c1)N(CC(=O)O)CC(=O)O. The Morgan fingerprint density at radius 1 is 1.28 bits per heavy atom. The molecule has 0 bridgehead atoms. The Hall–Kier alpha value is -1.40. The van der Waals surface area contributed by atoms with Crippen molar-refractivity contribution in [1.29, 1.82) is 0 Å². The Labute approximate surface area is 113 Å². The number of carbonyl (C=O) groups is 2. The van der Waals surface area contributed by atoms with E-state index >= 15 is 0 Å². The molecular formula is C12H14BrNO4. The van der Waals surface area contributed by atoms with Crippen LogP contribution in [0, 0.1) is 0 Å². The second-order valence-corrected chi connectivity index (χ2v) is 4.84. The number of rotatable bonds is 6. The fraction of sp³-hybridized carbons (Fsp3) is 0.333. The van der Waals surface area contributed by atoms with Crippen LogP contribution < -0.4 is 0 Å². The van der Waals surface area contributed by atoms with Gasteiger partial charge in [-0.1, -0.05) is 28.1 Å². The van der Waals surface area contributed by atoms with Crippen molar-refractivity contribution in [3.63, 3.8) is 0 Å². The van der Waals surface area contributed by atoms with Crippen molar-refractivity contribution in [3.8, 4) is 0 Å². The molecule has 1 rings (SSSR count). The van der Waals surface area contributed by atoms with E-state index in [0.717, 1.165) is 10.0 Å². The van der Waals surface area contributed by atoms with Crippen molar-refractivity contribution in [2.24, 2.45) is 0 Å². The van der Waals surface area contributed by atoms with Crippen molar-refractivity contribution in [2.45, 2.75) is 13.0 Å². The van der Waals surface area contributed by atoms with Crippen LogP contribution in [0.1, 0.15) is 18.5 Å². The summed E-state index contributed by atoms with van der Waals surface area (Å²) in [5, 5.41) is 17.6. The normalized spacial score (nSPS) is 12.4. The molecule has 1 aromatic rings. The van der Waals surface area contributed by atoms with Gasteiger partial charge >= 0.3 is 11.9 Å². The molecule has 0 fully saturated rings. The third kappa shape index (κ3) is 4.46. The summed E-state index contributed by atoms with van der Waals surface area (Å²) in [6, 6.07) is 7.09. The van der Waals surface area contributed by atoms with Gasteiger partial charge in [0.1, 0.15) is 0 Å². The number of benzene rings is 1. The molecule has 1 unspecified atom stereocenters. The van der Waals surface area contributed by atoms with Crippen LogP contribution in [0.3, 0.4) is 0 Å². The van der Waals surface area contributed by atoms with Crippen LogP contribution in [0.2, 0.25) is 0 Å². The van der Waals surface area contributed by atoms with E-state index in [2.05, 4.69) is 15.9 Å². The Bertz CT molecular complexity index is 433. The second kappa shape index (κ2) is 6.51. The van der Waals surface area contributed by atoms with E-state index in [1.165, 1.54) is 4.90 Å². The predicted octanol–water partition coefficient (Wildman–Crippen LogP) is 1.98. The molecule has 0 aromatic heterocycles. The smallest absolute Gasteiger partial charge is 0.317 e.